The van der Waals surface area contributed by atoms with Gasteiger partial charge in [0.05, 0.1) is 5.75 Å². The Balaban J connectivity index is 4.19. The molecule has 86 valence electrons. The maximum Gasteiger partial charge on any atom is 0.212 e. The summed E-state index contributed by atoms with van der Waals surface area (Å²) in [4.78, 5) is 0. The van der Waals surface area contributed by atoms with Crippen LogP contribution in [0.1, 0.15) is 33.6 Å². The van der Waals surface area contributed by atoms with Crippen LogP contribution < -0.4 is 10.5 Å². The van der Waals surface area contributed by atoms with Gasteiger partial charge in [-0.1, -0.05) is 26.7 Å². The predicted octanol–water partition coefficient (Wildman–Crippen LogP) is 0.689. The first-order valence-electron chi connectivity index (χ1n) is 5.15. The van der Waals surface area contributed by atoms with E-state index in [1.165, 1.54) is 0 Å². The summed E-state index contributed by atoms with van der Waals surface area (Å²) in [6.07, 6.45) is 1.79. The average Bonchev–Trinajstić information content (AvgIpc) is 2.13. The standard InChI is InChI=1S/C9H22N2O2S/c1-4-9(5-2)7-14(12,13)11-8(3)6-10/h8-9,11H,4-7,10H2,1-3H3/t8-/m0/s1. The molecular formula is C9H22N2O2S. The smallest absolute Gasteiger partial charge is 0.212 e. The highest BCUT2D eigenvalue weighted by Crippen LogP contribution is 2.10. The molecule has 4 nitrogen and oxygen atoms in total. The van der Waals surface area contributed by atoms with Gasteiger partial charge in [0.15, 0.2) is 0 Å². The minimum Gasteiger partial charge on any atom is -0.329 e. The van der Waals surface area contributed by atoms with Crippen molar-refractivity contribution >= 4 is 10.0 Å². The molecule has 0 amide bonds. The van der Waals surface area contributed by atoms with Crippen molar-refractivity contribution in [2.24, 2.45) is 11.7 Å². The van der Waals surface area contributed by atoms with Gasteiger partial charge < -0.3 is 5.73 Å². The molecule has 14 heavy (non-hydrogen) atoms. The molecular weight excluding hydrogens is 200 g/mol. The Morgan fingerprint density at radius 2 is 1.79 bits per heavy atom. The van der Waals surface area contributed by atoms with E-state index in [0.29, 0.717) is 6.54 Å². The lowest BCUT2D eigenvalue weighted by Crippen LogP contribution is -2.40. The highest BCUT2D eigenvalue weighted by atomic mass is 32.2. The summed E-state index contributed by atoms with van der Waals surface area (Å²) in [5, 5.41) is 0. The fourth-order valence-electron chi connectivity index (χ4n) is 1.24. The molecule has 0 unspecified atom stereocenters. The minimum atomic E-state index is -3.15. The lowest BCUT2D eigenvalue weighted by molar-refractivity contribution is 0.509. The van der Waals surface area contributed by atoms with Crippen molar-refractivity contribution in [1.82, 2.24) is 4.72 Å². The highest BCUT2D eigenvalue weighted by molar-refractivity contribution is 7.89. The van der Waals surface area contributed by atoms with Crippen molar-refractivity contribution in [2.45, 2.75) is 39.7 Å². The van der Waals surface area contributed by atoms with Gasteiger partial charge in [-0.3, -0.25) is 0 Å². The third kappa shape index (κ3) is 5.57. The quantitative estimate of drug-likeness (QED) is 0.665. The fourth-order valence-corrected chi connectivity index (χ4v) is 3.13. The summed E-state index contributed by atoms with van der Waals surface area (Å²) >= 11 is 0. The molecule has 0 aliphatic carbocycles. The molecule has 0 saturated carbocycles. The summed E-state index contributed by atoms with van der Waals surface area (Å²) in [5.74, 6) is 0.460. The Morgan fingerprint density at radius 1 is 1.29 bits per heavy atom. The van der Waals surface area contributed by atoms with Gasteiger partial charge in [0.25, 0.3) is 0 Å². The van der Waals surface area contributed by atoms with Gasteiger partial charge in [0.2, 0.25) is 10.0 Å². The SMILES string of the molecule is CCC(CC)CS(=O)(=O)N[C@@H](C)CN. The lowest BCUT2D eigenvalue weighted by Gasteiger charge is -2.16. The van der Waals surface area contributed by atoms with Crippen LogP contribution in [0.3, 0.4) is 0 Å². The summed E-state index contributed by atoms with van der Waals surface area (Å²) in [6.45, 7) is 6.12. The van der Waals surface area contributed by atoms with Crippen molar-refractivity contribution in [2.75, 3.05) is 12.3 Å². The molecule has 0 aliphatic heterocycles. The normalized spacial score (nSPS) is 14.6. The van der Waals surface area contributed by atoms with Crippen molar-refractivity contribution in [3.63, 3.8) is 0 Å². The molecule has 0 spiro atoms. The zero-order chi connectivity index (χ0) is 11.2. The number of sulfonamides is 1. The van der Waals surface area contributed by atoms with Gasteiger partial charge in [-0.05, 0) is 12.8 Å². The average molecular weight is 222 g/mol. The van der Waals surface area contributed by atoms with Gasteiger partial charge in [-0.25, -0.2) is 13.1 Å². The van der Waals surface area contributed by atoms with Crippen molar-refractivity contribution in [3.05, 3.63) is 0 Å². The Labute approximate surface area is 87.3 Å². The topological polar surface area (TPSA) is 72.2 Å². The Hall–Kier alpha value is -0.130. The summed E-state index contributed by atoms with van der Waals surface area (Å²) in [6, 6.07) is -0.172. The van der Waals surface area contributed by atoms with Crippen molar-refractivity contribution in [1.29, 1.82) is 0 Å². The molecule has 0 aromatic heterocycles. The molecule has 0 bridgehead atoms. The molecule has 3 N–H and O–H groups in total. The van der Waals surface area contributed by atoms with Crippen LogP contribution in [0.25, 0.3) is 0 Å². The van der Waals surface area contributed by atoms with E-state index in [0.717, 1.165) is 12.8 Å². The molecule has 0 fully saturated rings. The van der Waals surface area contributed by atoms with Crippen LogP contribution >= 0.6 is 0 Å². The van der Waals surface area contributed by atoms with Gasteiger partial charge in [0.1, 0.15) is 0 Å². The molecule has 0 rings (SSSR count). The third-order valence-corrected chi connectivity index (χ3v) is 4.02. The number of nitrogens with two attached hydrogens (primary N) is 1. The predicted molar refractivity (Wildman–Crippen MR) is 59.5 cm³/mol. The van der Waals surface area contributed by atoms with Crippen molar-refractivity contribution in [3.8, 4) is 0 Å². The van der Waals surface area contributed by atoms with Crippen LogP contribution in [0.15, 0.2) is 0 Å². The maximum atomic E-state index is 11.6. The van der Waals surface area contributed by atoms with Crippen LogP contribution in [0, 0.1) is 5.92 Å². The number of nitrogens with one attached hydrogen (secondary N) is 1. The van der Waals surface area contributed by atoms with E-state index in [9.17, 15) is 8.42 Å². The first kappa shape index (κ1) is 13.9. The maximum absolute atomic E-state index is 11.6. The molecule has 0 aliphatic rings. The van der Waals surface area contributed by atoms with Crippen LogP contribution in [-0.2, 0) is 10.0 Å². The molecule has 0 aromatic carbocycles. The molecule has 5 heteroatoms. The van der Waals surface area contributed by atoms with Crippen molar-refractivity contribution < 1.29 is 8.42 Å². The van der Waals surface area contributed by atoms with E-state index >= 15 is 0 Å². The summed E-state index contributed by atoms with van der Waals surface area (Å²) < 4.78 is 25.7. The second kappa shape index (κ2) is 6.37. The zero-order valence-electron chi connectivity index (χ0n) is 9.29. The van der Waals surface area contributed by atoms with Gasteiger partial charge in [-0.2, -0.15) is 0 Å². The lowest BCUT2D eigenvalue weighted by atomic mass is 10.1. The van der Waals surface area contributed by atoms with E-state index in [2.05, 4.69) is 4.72 Å². The first-order chi connectivity index (χ1) is 6.45. The number of hydrogen-bond donors (Lipinski definition) is 2. The summed E-state index contributed by atoms with van der Waals surface area (Å²) in [5.41, 5.74) is 5.35. The van der Waals surface area contributed by atoms with E-state index in [4.69, 9.17) is 5.73 Å². The largest absolute Gasteiger partial charge is 0.329 e. The minimum absolute atomic E-state index is 0.172. The Bertz CT molecular complexity index is 235. The highest BCUT2D eigenvalue weighted by Gasteiger charge is 2.17. The number of rotatable bonds is 7. The molecule has 0 saturated heterocycles. The third-order valence-electron chi connectivity index (χ3n) is 2.34. The van der Waals surface area contributed by atoms with Gasteiger partial charge in [0, 0.05) is 12.6 Å². The van der Waals surface area contributed by atoms with Crippen LogP contribution in [0.2, 0.25) is 0 Å². The zero-order valence-corrected chi connectivity index (χ0v) is 10.1. The van der Waals surface area contributed by atoms with E-state index in [1.54, 1.807) is 6.92 Å². The molecule has 0 radical (unpaired) electrons. The van der Waals surface area contributed by atoms with Crippen LogP contribution in [-0.4, -0.2) is 26.8 Å². The molecule has 1 atom stereocenters. The first-order valence-corrected chi connectivity index (χ1v) is 6.80. The second-order valence-corrected chi connectivity index (χ2v) is 5.52. The van der Waals surface area contributed by atoms with E-state index in [-0.39, 0.29) is 17.7 Å². The summed E-state index contributed by atoms with van der Waals surface area (Å²) in [7, 11) is -3.15. The van der Waals surface area contributed by atoms with Crippen LogP contribution in [0.5, 0.6) is 0 Å². The number of hydrogen-bond acceptors (Lipinski definition) is 3. The second-order valence-electron chi connectivity index (χ2n) is 3.72. The molecule has 0 aromatic rings. The Morgan fingerprint density at radius 3 is 2.14 bits per heavy atom. The molecule has 0 heterocycles. The fraction of sp³-hybridized carbons (Fsp3) is 1.00. The Kier molecular flexibility index (Phi) is 6.31. The van der Waals surface area contributed by atoms with Gasteiger partial charge >= 0.3 is 0 Å². The van der Waals surface area contributed by atoms with Gasteiger partial charge in [-0.15, -0.1) is 0 Å². The van der Waals surface area contributed by atoms with E-state index < -0.39 is 10.0 Å². The van der Waals surface area contributed by atoms with Crippen LogP contribution in [0.4, 0.5) is 0 Å². The monoisotopic (exact) mass is 222 g/mol. The van der Waals surface area contributed by atoms with E-state index in [1.807, 2.05) is 13.8 Å².